The van der Waals surface area contributed by atoms with Gasteiger partial charge in [0, 0.05) is 49.6 Å². The Hall–Kier alpha value is -2.21. The second-order valence-electron chi connectivity index (χ2n) is 7.13. The zero-order chi connectivity index (χ0) is 17.2. The Morgan fingerprint density at radius 3 is 2.64 bits per heavy atom. The molecular weight excluding hydrogens is 316 g/mol. The van der Waals surface area contributed by atoms with Crippen LogP contribution in [0.4, 0.5) is 0 Å². The van der Waals surface area contributed by atoms with Crippen LogP contribution in [0, 0.1) is 0 Å². The first-order valence-electron chi connectivity index (χ1n) is 9.12. The van der Waals surface area contributed by atoms with Gasteiger partial charge in [-0.3, -0.25) is 14.7 Å². The average Bonchev–Trinajstić information content (AvgIpc) is 3.39. The van der Waals surface area contributed by atoms with Gasteiger partial charge in [-0.1, -0.05) is 5.16 Å². The predicted molar refractivity (Wildman–Crippen MR) is 93.2 cm³/mol. The topological polar surface area (TPSA) is 71.3 Å². The number of piperidine rings is 1. The molecule has 0 radical (unpaired) electrons. The summed E-state index contributed by atoms with van der Waals surface area (Å²) in [5.41, 5.74) is 1.70. The Bertz CT molecular complexity index is 718. The van der Waals surface area contributed by atoms with Crippen LogP contribution in [0.1, 0.15) is 66.4 Å². The highest BCUT2D eigenvalue weighted by atomic mass is 16.5. The van der Waals surface area contributed by atoms with Crippen LogP contribution in [0.5, 0.6) is 0 Å². The molecule has 1 saturated carbocycles. The van der Waals surface area contributed by atoms with Gasteiger partial charge in [0.05, 0.1) is 0 Å². The molecule has 132 valence electrons. The molecule has 1 aliphatic carbocycles. The fraction of sp³-hybridized carbons (Fsp3) is 0.526. The quantitative estimate of drug-likeness (QED) is 0.906. The summed E-state index contributed by atoms with van der Waals surface area (Å²) in [5.74, 6) is 1.22. The molecule has 1 N–H and O–H groups in total. The number of carbonyl (C=O) groups is 1. The third-order valence-corrected chi connectivity index (χ3v) is 5.34. The third kappa shape index (κ3) is 3.74. The van der Waals surface area contributed by atoms with Crippen LogP contribution in [0.25, 0.3) is 0 Å². The summed E-state index contributed by atoms with van der Waals surface area (Å²) in [7, 11) is 0. The number of pyridine rings is 1. The molecule has 6 heteroatoms. The lowest BCUT2D eigenvalue weighted by atomic mass is 10.0. The molecule has 2 aromatic heterocycles. The van der Waals surface area contributed by atoms with Crippen LogP contribution in [0.3, 0.4) is 0 Å². The normalized spacial score (nSPS) is 20.4. The number of hydrogen-bond donors (Lipinski definition) is 1. The molecule has 1 aliphatic heterocycles. The molecule has 1 amide bonds. The molecule has 3 heterocycles. The maximum atomic E-state index is 12.4. The van der Waals surface area contributed by atoms with Crippen LogP contribution in [-0.2, 0) is 0 Å². The van der Waals surface area contributed by atoms with Gasteiger partial charge in [0.1, 0.15) is 5.76 Å². The van der Waals surface area contributed by atoms with Gasteiger partial charge in [-0.15, -0.1) is 0 Å². The Morgan fingerprint density at radius 1 is 1.24 bits per heavy atom. The first-order chi connectivity index (χ1) is 12.2. The molecule has 0 aromatic carbocycles. The minimum absolute atomic E-state index is 0.115. The summed E-state index contributed by atoms with van der Waals surface area (Å²) >= 11 is 0. The van der Waals surface area contributed by atoms with E-state index in [4.69, 9.17) is 4.52 Å². The molecule has 2 aliphatic rings. The maximum absolute atomic E-state index is 12.4. The number of rotatable bonds is 5. The smallest absolute Gasteiger partial charge is 0.273 e. The number of nitrogens with zero attached hydrogens (tertiary/aromatic N) is 3. The zero-order valence-electron chi connectivity index (χ0n) is 14.5. The van der Waals surface area contributed by atoms with E-state index in [0.717, 1.165) is 44.5 Å². The van der Waals surface area contributed by atoms with E-state index in [0.29, 0.717) is 17.7 Å². The van der Waals surface area contributed by atoms with Gasteiger partial charge in [-0.2, -0.15) is 0 Å². The molecule has 25 heavy (non-hydrogen) atoms. The van der Waals surface area contributed by atoms with Crippen LogP contribution < -0.4 is 5.32 Å². The van der Waals surface area contributed by atoms with Gasteiger partial charge in [-0.25, -0.2) is 0 Å². The van der Waals surface area contributed by atoms with Crippen LogP contribution in [-0.4, -0.2) is 40.1 Å². The van der Waals surface area contributed by atoms with Crippen molar-refractivity contribution >= 4 is 5.91 Å². The number of carbonyl (C=O) groups excluding carboxylic acids is 1. The van der Waals surface area contributed by atoms with Crippen molar-refractivity contribution in [2.75, 3.05) is 13.1 Å². The second kappa shape index (κ2) is 6.96. The van der Waals surface area contributed by atoms with Gasteiger partial charge in [0.25, 0.3) is 5.91 Å². The van der Waals surface area contributed by atoms with Crippen LogP contribution in [0.15, 0.2) is 35.1 Å². The SMILES string of the molecule is CC(c1ccncc1)N1CCC(NC(=O)c2cc(C3CC3)on2)CC1. The van der Waals surface area contributed by atoms with Crippen molar-refractivity contribution in [3.8, 4) is 0 Å². The predicted octanol–water partition coefficient (Wildman–Crippen LogP) is 2.90. The number of hydrogen-bond acceptors (Lipinski definition) is 5. The van der Waals surface area contributed by atoms with Crippen LogP contribution >= 0.6 is 0 Å². The van der Waals surface area contributed by atoms with Crippen molar-refractivity contribution in [3.63, 3.8) is 0 Å². The summed E-state index contributed by atoms with van der Waals surface area (Å²) < 4.78 is 5.27. The fourth-order valence-corrected chi connectivity index (χ4v) is 3.50. The summed E-state index contributed by atoms with van der Waals surface area (Å²) in [6.07, 6.45) is 7.87. The lowest BCUT2D eigenvalue weighted by molar-refractivity contribution is 0.0887. The van der Waals surface area contributed by atoms with Crippen LogP contribution in [0.2, 0.25) is 0 Å². The molecule has 1 saturated heterocycles. The van der Waals surface area contributed by atoms with E-state index in [2.05, 4.69) is 39.4 Å². The molecule has 0 bridgehead atoms. The molecule has 6 nitrogen and oxygen atoms in total. The Morgan fingerprint density at radius 2 is 1.96 bits per heavy atom. The summed E-state index contributed by atoms with van der Waals surface area (Å²) in [4.78, 5) is 18.9. The number of amides is 1. The molecule has 2 fully saturated rings. The minimum Gasteiger partial charge on any atom is -0.360 e. The van der Waals surface area contributed by atoms with Crippen molar-refractivity contribution < 1.29 is 9.32 Å². The Kier molecular flexibility index (Phi) is 4.53. The lowest BCUT2D eigenvalue weighted by Crippen LogP contribution is -2.45. The van der Waals surface area contributed by atoms with Crippen molar-refractivity contribution in [3.05, 3.63) is 47.6 Å². The zero-order valence-corrected chi connectivity index (χ0v) is 14.5. The fourth-order valence-electron chi connectivity index (χ4n) is 3.50. The Balaban J connectivity index is 1.28. The number of nitrogens with one attached hydrogen (secondary N) is 1. The highest BCUT2D eigenvalue weighted by Gasteiger charge is 2.30. The summed E-state index contributed by atoms with van der Waals surface area (Å²) in [6.45, 7) is 4.17. The van der Waals surface area contributed by atoms with Gasteiger partial charge in [0.2, 0.25) is 0 Å². The first-order valence-corrected chi connectivity index (χ1v) is 9.12. The van der Waals surface area contributed by atoms with E-state index in [1.807, 2.05) is 12.4 Å². The molecule has 0 spiro atoms. The highest BCUT2D eigenvalue weighted by molar-refractivity contribution is 5.92. The average molecular weight is 340 g/mol. The standard InChI is InChI=1S/C19H24N4O2/c1-13(14-4-8-20-9-5-14)23-10-6-16(7-11-23)21-19(24)17-12-18(25-22-17)15-2-3-15/h4-5,8-9,12-13,15-16H,2-3,6-7,10-11H2,1H3,(H,21,24). The van der Waals surface area contributed by atoms with Crippen molar-refractivity contribution in [1.29, 1.82) is 0 Å². The minimum atomic E-state index is -0.115. The Labute approximate surface area is 147 Å². The third-order valence-electron chi connectivity index (χ3n) is 5.34. The number of aromatic nitrogens is 2. The van der Waals surface area contributed by atoms with Gasteiger partial charge >= 0.3 is 0 Å². The number of likely N-dealkylation sites (tertiary alicyclic amines) is 1. The largest absolute Gasteiger partial charge is 0.360 e. The molecule has 1 unspecified atom stereocenters. The van der Waals surface area contributed by atoms with Crippen molar-refractivity contribution in [1.82, 2.24) is 20.4 Å². The van der Waals surface area contributed by atoms with E-state index in [9.17, 15) is 4.79 Å². The van der Waals surface area contributed by atoms with E-state index < -0.39 is 0 Å². The van der Waals surface area contributed by atoms with Gasteiger partial charge in [-0.05, 0) is 50.3 Å². The molecule has 4 rings (SSSR count). The molecule has 1 atom stereocenters. The van der Waals surface area contributed by atoms with Gasteiger partial charge < -0.3 is 9.84 Å². The van der Waals surface area contributed by atoms with E-state index in [-0.39, 0.29) is 11.9 Å². The van der Waals surface area contributed by atoms with E-state index in [1.165, 1.54) is 5.56 Å². The van der Waals surface area contributed by atoms with E-state index in [1.54, 1.807) is 6.07 Å². The van der Waals surface area contributed by atoms with Crippen molar-refractivity contribution in [2.45, 2.75) is 50.6 Å². The molecular formula is C19H24N4O2. The lowest BCUT2D eigenvalue weighted by Gasteiger charge is -2.36. The molecule has 2 aromatic rings. The first kappa shape index (κ1) is 16.3. The monoisotopic (exact) mass is 340 g/mol. The highest BCUT2D eigenvalue weighted by Crippen LogP contribution is 2.40. The van der Waals surface area contributed by atoms with Crippen molar-refractivity contribution in [2.24, 2.45) is 0 Å². The summed E-state index contributed by atoms with van der Waals surface area (Å²) in [5, 5.41) is 7.03. The second-order valence-corrected chi connectivity index (χ2v) is 7.13. The van der Waals surface area contributed by atoms with E-state index >= 15 is 0 Å². The maximum Gasteiger partial charge on any atom is 0.273 e. The van der Waals surface area contributed by atoms with Gasteiger partial charge in [0.15, 0.2) is 5.69 Å². The summed E-state index contributed by atoms with van der Waals surface area (Å²) in [6, 6.07) is 6.51.